The number of anilines is 1. The standard InChI is InChI=1S/C20H30N2O5S/c1-15(2)7-10-20(24)27-14-19(23)21-17-9-8-16(3)18(13-17)28(25,26)22-11-5-4-6-12-22/h8-9,13,15H,4-7,10-12,14H2,1-3H3,(H,21,23). The molecule has 0 aliphatic carbocycles. The normalized spacial score (nSPS) is 15.4. The molecule has 0 aromatic heterocycles. The van der Waals surface area contributed by atoms with Crippen molar-refractivity contribution in [1.29, 1.82) is 0 Å². The number of hydrogen-bond acceptors (Lipinski definition) is 5. The molecule has 1 aromatic rings. The zero-order chi connectivity index (χ0) is 20.7. The third-order valence-electron chi connectivity index (χ3n) is 4.69. The second-order valence-electron chi connectivity index (χ2n) is 7.59. The number of amides is 1. The van der Waals surface area contributed by atoms with Crippen molar-refractivity contribution in [3.8, 4) is 0 Å². The monoisotopic (exact) mass is 410 g/mol. The number of carbonyl (C=O) groups excluding carboxylic acids is 2. The lowest BCUT2D eigenvalue weighted by Crippen LogP contribution is -2.36. The minimum Gasteiger partial charge on any atom is -0.456 e. The number of esters is 1. The van der Waals surface area contributed by atoms with Crippen molar-refractivity contribution in [3.63, 3.8) is 0 Å². The van der Waals surface area contributed by atoms with Crippen LogP contribution in [-0.4, -0.2) is 44.3 Å². The van der Waals surface area contributed by atoms with Crippen LogP contribution in [-0.2, 0) is 24.3 Å². The van der Waals surface area contributed by atoms with Crippen LogP contribution in [0.3, 0.4) is 0 Å². The van der Waals surface area contributed by atoms with Crippen LogP contribution in [0, 0.1) is 12.8 Å². The van der Waals surface area contributed by atoms with Crippen molar-refractivity contribution in [2.75, 3.05) is 25.0 Å². The summed E-state index contributed by atoms with van der Waals surface area (Å²) in [7, 11) is -3.60. The van der Waals surface area contributed by atoms with Gasteiger partial charge in [-0.15, -0.1) is 0 Å². The van der Waals surface area contributed by atoms with Gasteiger partial charge in [0.15, 0.2) is 6.61 Å². The van der Waals surface area contributed by atoms with E-state index in [0.29, 0.717) is 36.7 Å². The van der Waals surface area contributed by atoms with Gasteiger partial charge in [-0.25, -0.2) is 8.42 Å². The van der Waals surface area contributed by atoms with E-state index in [9.17, 15) is 18.0 Å². The summed E-state index contributed by atoms with van der Waals surface area (Å²) in [6, 6.07) is 4.78. The fourth-order valence-electron chi connectivity index (χ4n) is 3.02. The molecule has 2 rings (SSSR count). The molecule has 7 nitrogen and oxygen atoms in total. The average Bonchev–Trinajstić information content (AvgIpc) is 2.66. The van der Waals surface area contributed by atoms with Crippen LogP contribution in [0.4, 0.5) is 5.69 Å². The Balaban J connectivity index is 2.00. The Morgan fingerprint density at radius 1 is 1.18 bits per heavy atom. The summed E-state index contributed by atoms with van der Waals surface area (Å²) in [6.07, 6.45) is 3.73. The molecule has 1 saturated heterocycles. The molecule has 1 heterocycles. The number of ether oxygens (including phenoxy) is 1. The fraction of sp³-hybridized carbons (Fsp3) is 0.600. The highest BCUT2D eigenvalue weighted by Crippen LogP contribution is 2.26. The lowest BCUT2D eigenvalue weighted by molar-refractivity contribution is -0.147. The molecule has 0 unspecified atom stereocenters. The Bertz CT molecular complexity index is 799. The highest BCUT2D eigenvalue weighted by molar-refractivity contribution is 7.89. The molecule has 8 heteroatoms. The largest absolute Gasteiger partial charge is 0.456 e. The van der Waals surface area contributed by atoms with E-state index in [-0.39, 0.29) is 17.9 Å². The molecule has 1 fully saturated rings. The van der Waals surface area contributed by atoms with E-state index in [2.05, 4.69) is 5.32 Å². The zero-order valence-electron chi connectivity index (χ0n) is 16.9. The van der Waals surface area contributed by atoms with Crippen LogP contribution < -0.4 is 5.32 Å². The smallest absolute Gasteiger partial charge is 0.306 e. The van der Waals surface area contributed by atoms with Gasteiger partial charge < -0.3 is 10.1 Å². The molecule has 1 aromatic carbocycles. The van der Waals surface area contributed by atoms with Crippen molar-refractivity contribution in [2.45, 2.75) is 57.8 Å². The molecule has 0 saturated carbocycles. The van der Waals surface area contributed by atoms with Gasteiger partial charge in [0.2, 0.25) is 10.0 Å². The summed E-state index contributed by atoms with van der Waals surface area (Å²) < 4.78 is 32.3. The lowest BCUT2D eigenvalue weighted by atomic mass is 10.1. The highest BCUT2D eigenvalue weighted by atomic mass is 32.2. The molecule has 1 aliphatic heterocycles. The molecule has 0 atom stereocenters. The minimum absolute atomic E-state index is 0.195. The Morgan fingerprint density at radius 3 is 2.50 bits per heavy atom. The maximum atomic E-state index is 12.9. The van der Waals surface area contributed by atoms with Gasteiger partial charge in [-0.05, 0) is 49.8 Å². The number of piperidine rings is 1. The van der Waals surface area contributed by atoms with Gasteiger partial charge in [-0.1, -0.05) is 26.3 Å². The van der Waals surface area contributed by atoms with Gasteiger partial charge in [-0.3, -0.25) is 9.59 Å². The number of nitrogens with zero attached hydrogens (tertiary/aromatic N) is 1. The predicted octanol–water partition coefficient (Wildman–Crippen LogP) is 3.09. The number of benzene rings is 1. The molecule has 28 heavy (non-hydrogen) atoms. The highest BCUT2D eigenvalue weighted by Gasteiger charge is 2.27. The second kappa shape index (κ2) is 10.0. The first kappa shape index (κ1) is 22.4. The summed E-state index contributed by atoms with van der Waals surface area (Å²) in [5, 5.41) is 2.61. The third kappa shape index (κ3) is 6.31. The summed E-state index contributed by atoms with van der Waals surface area (Å²) in [6.45, 7) is 6.40. The van der Waals surface area contributed by atoms with Crippen LogP contribution in [0.15, 0.2) is 23.1 Å². The Morgan fingerprint density at radius 2 is 1.86 bits per heavy atom. The quantitative estimate of drug-likeness (QED) is 0.665. The Labute approximate surface area is 167 Å². The number of rotatable bonds is 8. The number of sulfonamides is 1. The summed E-state index contributed by atoms with van der Waals surface area (Å²) in [5.41, 5.74) is 0.994. The Kier molecular flexibility index (Phi) is 8.00. The van der Waals surface area contributed by atoms with E-state index in [4.69, 9.17) is 4.74 Å². The first-order valence-corrected chi connectivity index (χ1v) is 11.2. The van der Waals surface area contributed by atoms with E-state index in [1.807, 2.05) is 13.8 Å². The number of nitrogens with one attached hydrogen (secondary N) is 1. The molecular weight excluding hydrogens is 380 g/mol. The molecule has 0 bridgehead atoms. The zero-order valence-corrected chi connectivity index (χ0v) is 17.7. The molecule has 1 amide bonds. The summed E-state index contributed by atoms with van der Waals surface area (Å²) >= 11 is 0. The fourth-order valence-corrected chi connectivity index (χ4v) is 4.79. The molecule has 156 valence electrons. The maximum Gasteiger partial charge on any atom is 0.306 e. The predicted molar refractivity (Wildman–Crippen MR) is 107 cm³/mol. The average molecular weight is 411 g/mol. The maximum absolute atomic E-state index is 12.9. The van der Waals surface area contributed by atoms with Crippen molar-refractivity contribution >= 4 is 27.6 Å². The lowest BCUT2D eigenvalue weighted by Gasteiger charge is -2.26. The van der Waals surface area contributed by atoms with E-state index >= 15 is 0 Å². The van der Waals surface area contributed by atoms with Crippen molar-refractivity contribution < 1.29 is 22.7 Å². The summed E-state index contributed by atoms with van der Waals surface area (Å²) in [5.74, 6) is -0.529. The minimum atomic E-state index is -3.60. The van der Waals surface area contributed by atoms with E-state index in [0.717, 1.165) is 19.3 Å². The topological polar surface area (TPSA) is 92.8 Å². The van der Waals surface area contributed by atoms with Gasteiger partial charge in [0.25, 0.3) is 5.91 Å². The molecular formula is C20H30N2O5S. The van der Waals surface area contributed by atoms with Crippen LogP contribution >= 0.6 is 0 Å². The second-order valence-corrected chi connectivity index (χ2v) is 9.49. The van der Waals surface area contributed by atoms with Crippen LogP contribution in [0.1, 0.15) is 51.5 Å². The van der Waals surface area contributed by atoms with E-state index in [1.54, 1.807) is 19.1 Å². The first-order chi connectivity index (χ1) is 13.2. The van der Waals surface area contributed by atoms with E-state index in [1.165, 1.54) is 10.4 Å². The summed E-state index contributed by atoms with van der Waals surface area (Å²) in [4.78, 5) is 23.9. The van der Waals surface area contributed by atoms with Gasteiger partial charge >= 0.3 is 5.97 Å². The third-order valence-corrected chi connectivity index (χ3v) is 6.74. The molecule has 0 radical (unpaired) electrons. The van der Waals surface area contributed by atoms with Gasteiger partial charge in [0.1, 0.15) is 0 Å². The van der Waals surface area contributed by atoms with Crippen LogP contribution in [0.25, 0.3) is 0 Å². The SMILES string of the molecule is Cc1ccc(NC(=O)COC(=O)CCC(C)C)cc1S(=O)(=O)N1CCCCC1. The Hall–Kier alpha value is -1.93. The van der Waals surface area contributed by atoms with Crippen LogP contribution in [0.2, 0.25) is 0 Å². The van der Waals surface area contributed by atoms with Gasteiger partial charge in [-0.2, -0.15) is 4.31 Å². The van der Waals surface area contributed by atoms with Gasteiger partial charge in [0, 0.05) is 25.2 Å². The molecule has 0 spiro atoms. The van der Waals surface area contributed by atoms with Crippen molar-refractivity contribution in [3.05, 3.63) is 23.8 Å². The van der Waals surface area contributed by atoms with Crippen molar-refractivity contribution in [2.24, 2.45) is 5.92 Å². The molecule has 1 N–H and O–H groups in total. The van der Waals surface area contributed by atoms with Crippen molar-refractivity contribution in [1.82, 2.24) is 4.31 Å². The number of carbonyl (C=O) groups is 2. The van der Waals surface area contributed by atoms with Gasteiger partial charge in [0.05, 0.1) is 4.90 Å². The number of hydrogen-bond donors (Lipinski definition) is 1. The van der Waals surface area contributed by atoms with E-state index < -0.39 is 21.9 Å². The first-order valence-electron chi connectivity index (χ1n) is 9.76. The number of aryl methyl sites for hydroxylation is 1. The van der Waals surface area contributed by atoms with Crippen LogP contribution in [0.5, 0.6) is 0 Å². The molecule has 1 aliphatic rings.